The van der Waals surface area contributed by atoms with E-state index in [0.717, 1.165) is 21.3 Å². The zero-order valence-electron chi connectivity index (χ0n) is 82.6. The summed E-state index contributed by atoms with van der Waals surface area (Å²) in [4.78, 5) is 238. The SMILES string of the molecule is COC(=O)[C@@H](C)NC(=O)[C@@H](C)NC(=O)[C@H](CCCCNC(=O)C(F)(F)F)NC(=O)OC(C)(C)C.COC(=O)[C@@H](C)NC(=O)[C@@H](C)NC(=O)[C@H](CCCCNC(=O)C(F)(F)F)NC(=O)OC(C)(C)C.COC(=O)[C@H](C)NC(=O)[C@@H](C)NC(=O)[C@H](CCCCNC(=O)C(F)(F)F)NC(=O)CCC(NC(=O)OCc1ccccc1)C(N)=O.C[C@@H](CCCCNC(=O)C(F)(F)F)C(=O)N[C@H](C)C(=O)N[C@H](C)C(C)(P)P.N=S. The first-order valence-corrected chi connectivity index (χ1v) is 45.6. The lowest BCUT2D eigenvalue weighted by Gasteiger charge is -2.29. The lowest BCUT2D eigenvalue weighted by Crippen LogP contribution is -2.54. The highest BCUT2D eigenvalue weighted by molar-refractivity contribution is 7.45. The lowest BCUT2D eigenvalue weighted by atomic mass is 10.0. The Kier molecular flexibility index (Phi) is 65.6. The molecule has 0 spiro atoms. The van der Waals surface area contributed by atoms with Crippen LogP contribution in [0.4, 0.5) is 67.1 Å². The second-order valence-corrected chi connectivity index (χ2v) is 37.0. The first kappa shape index (κ1) is 137. The second-order valence-electron chi connectivity index (χ2n) is 33.9. The summed E-state index contributed by atoms with van der Waals surface area (Å²) in [6, 6.07) is -3.43. The Morgan fingerprint density at radius 3 is 0.881 bits per heavy atom. The maximum atomic E-state index is 13.0. The smallest absolute Gasteiger partial charge is 0.467 e. The van der Waals surface area contributed by atoms with E-state index in [2.05, 4.69) is 109 Å². The Hall–Kier alpha value is -11.9. The molecule has 0 bridgehead atoms. The zero-order valence-corrected chi connectivity index (χ0v) is 85.7. The number of alkyl carbamates (subject to hydrolysis) is 3. The number of unbranched alkanes of at least 4 members (excludes halogenated alkanes) is 4. The summed E-state index contributed by atoms with van der Waals surface area (Å²) < 4.78 is 181. The summed E-state index contributed by atoms with van der Waals surface area (Å²) in [6.07, 6.45) is -21.7. The van der Waals surface area contributed by atoms with Crippen molar-refractivity contribution in [1.82, 2.24) is 85.1 Å². The van der Waals surface area contributed by atoms with Crippen LogP contribution in [-0.2, 0) is 129 Å². The molecule has 17 amide bonds. The summed E-state index contributed by atoms with van der Waals surface area (Å²) in [5, 5.41) is 36.0. The van der Waals surface area contributed by atoms with Crippen LogP contribution < -0.4 is 90.8 Å². The van der Waals surface area contributed by atoms with Gasteiger partial charge in [-0.05, 0) is 180 Å². The number of methoxy groups -OCH3 is 3. The van der Waals surface area contributed by atoms with Gasteiger partial charge < -0.3 is 119 Å². The number of rotatable bonds is 50. The number of nitrogens with two attached hydrogens (primary N) is 1. The van der Waals surface area contributed by atoms with Crippen molar-refractivity contribution in [2.75, 3.05) is 47.5 Å². The van der Waals surface area contributed by atoms with Crippen LogP contribution in [0.15, 0.2) is 30.3 Å². The van der Waals surface area contributed by atoms with Gasteiger partial charge in [-0.25, -0.2) is 33.5 Å². The molecule has 3 unspecified atom stereocenters. The number of amides is 17. The van der Waals surface area contributed by atoms with Crippen molar-refractivity contribution in [1.29, 1.82) is 4.78 Å². The fourth-order valence-electron chi connectivity index (χ4n) is 10.6. The molecule has 0 saturated carbocycles. The van der Waals surface area contributed by atoms with E-state index in [1.54, 1.807) is 107 Å². The van der Waals surface area contributed by atoms with Gasteiger partial charge in [-0.1, -0.05) is 50.6 Å². The highest BCUT2D eigenvalue weighted by Crippen LogP contribution is 2.30. The summed E-state index contributed by atoms with van der Waals surface area (Å²) in [5.41, 5.74) is 4.31. The molecule has 0 radical (unpaired) electrons. The number of carbonyl (C=O) groups excluding carboxylic acids is 20. The summed E-state index contributed by atoms with van der Waals surface area (Å²) in [7, 11) is 8.65. The molecule has 15 atom stereocenters. The number of carbonyl (C=O) groups is 20. The molecule has 143 heavy (non-hydrogen) atoms. The Morgan fingerprint density at radius 2 is 0.608 bits per heavy atom. The highest BCUT2D eigenvalue weighted by Gasteiger charge is 2.42. The van der Waals surface area contributed by atoms with Crippen LogP contribution in [0.2, 0.25) is 0 Å². The average molecular weight is 2140 g/mol. The molecule has 0 heterocycles. The molecule has 19 N–H and O–H groups in total. The summed E-state index contributed by atoms with van der Waals surface area (Å²) in [6.45, 7) is 23.7. The Balaban J connectivity index is -0.000000911. The molecule has 0 aliphatic heterocycles. The second kappa shape index (κ2) is 68.3. The van der Waals surface area contributed by atoms with Gasteiger partial charge in [-0.2, -0.15) is 52.7 Å². The Morgan fingerprint density at radius 1 is 0.343 bits per heavy atom. The fourth-order valence-corrected chi connectivity index (χ4v) is 10.7. The van der Waals surface area contributed by atoms with Gasteiger partial charge in [-0.3, -0.25) is 67.1 Å². The minimum Gasteiger partial charge on any atom is -0.467 e. The molecule has 818 valence electrons. The van der Waals surface area contributed by atoms with Crippen LogP contribution in [-0.4, -0.2) is 280 Å². The van der Waals surface area contributed by atoms with Crippen LogP contribution in [0.3, 0.4) is 0 Å². The number of hydrogen-bond acceptors (Lipinski definition) is 28. The number of hydrogen-bond donors (Lipinski definition) is 18. The topological polar surface area (TPSA) is 639 Å². The number of alkyl halides is 12. The van der Waals surface area contributed by atoms with E-state index in [0.29, 0.717) is 24.8 Å². The third kappa shape index (κ3) is 65.8. The number of primary amides is 1. The number of halogens is 12. The number of esters is 3. The molecule has 0 aliphatic carbocycles. The summed E-state index contributed by atoms with van der Waals surface area (Å²) >= 11 is 3.33. The molecule has 1 rings (SSSR count). The van der Waals surface area contributed by atoms with Crippen molar-refractivity contribution in [3.8, 4) is 0 Å². The van der Waals surface area contributed by atoms with Gasteiger partial charge >= 0.3 is 84.5 Å². The minimum atomic E-state index is -5.06. The first-order chi connectivity index (χ1) is 65.6. The van der Waals surface area contributed by atoms with Crippen molar-refractivity contribution in [2.24, 2.45) is 11.7 Å². The minimum absolute atomic E-state index is 0.00686. The first-order valence-electron chi connectivity index (χ1n) is 44.1. The lowest BCUT2D eigenvalue weighted by molar-refractivity contribution is -0.173. The van der Waals surface area contributed by atoms with Crippen LogP contribution in [0.25, 0.3) is 0 Å². The van der Waals surface area contributed by atoms with E-state index < -0.39 is 222 Å². The van der Waals surface area contributed by atoms with Gasteiger partial charge in [0, 0.05) is 61.9 Å². The van der Waals surface area contributed by atoms with Crippen molar-refractivity contribution >= 4 is 150 Å². The maximum absolute atomic E-state index is 13.0. The normalized spacial score (nSPS) is 14.0. The summed E-state index contributed by atoms with van der Waals surface area (Å²) in [5.74, 6) is -17.5. The number of nitrogens with one attached hydrogen (secondary N) is 17. The van der Waals surface area contributed by atoms with Crippen molar-refractivity contribution < 1.29 is 177 Å². The van der Waals surface area contributed by atoms with Gasteiger partial charge in [0.2, 0.25) is 59.1 Å². The predicted octanol–water partition coefficient (Wildman–Crippen LogP) is 4.13. The molecule has 1 aromatic carbocycles. The molecule has 59 heteroatoms. The molecule has 0 aromatic heterocycles. The quantitative estimate of drug-likeness (QED) is 0.0143. The predicted molar refractivity (Wildman–Crippen MR) is 496 cm³/mol. The van der Waals surface area contributed by atoms with Crippen molar-refractivity contribution in [2.45, 2.75) is 321 Å². The van der Waals surface area contributed by atoms with Crippen molar-refractivity contribution in [3.63, 3.8) is 0 Å². The molecule has 44 nitrogen and oxygen atoms in total. The van der Waals surface area contributed by atoms with E-state index in [1.165, 1.54) is 41.5 Å². The van der Waals surface area contributed by atoms with E-state index in [4.69, 9.17) is 24.7 Å². The van der Waals surface area contributed by atoms with E-state index in [1.807, 2.05) is 13.8 Å². The van der Waals surface area contributed by atoms with Gasteiger partial charge in [0.1, 0.15) is 84.3 Å². The number of benzene rings is 1. The Labute approximate surface area is 828 Å². The number of ether oxygens (including phenoxy) is 6. The molecular weight excluding hydrogens is 2000 g/mol. The van der Waals surface area contributed by atoms with Gasteiger partial charge in [0.05, 0.1) is 21.3 Å². The molecular formula is C84H136F12N18O26P2S. The third-order valence-electron chi connectivity index (χ3n) is 18.7. The maximum Gasteiger partial charge on any atom is 0.471 e. The van der Waals surface area contributed by atoms with Gasteiger partial charge in [0.15, 0.2) is 0 Å². The van der Waals surface area contributed by atoms with Crippen LogP contribution >= 0.6 is 18.5 Å². The van der Waals surface area contributed by atoms with Crippen LogP contribution in [0.1, 0.15) is 206 Å². The largest absolute Gasteiger partial charge is 0.471 e. The molecule has 0 aliphatic rings. The zero-order chi connectivity index (χ0) is 112. The average Bonchev–Trinajstić information content (AvgIpc) is 0.881. The highest BCUT2D eigenvalue weighted by atomic mass is 32.1. The van der Waals surface area contributed by atoms with Crippen molar-refractivity contribution in [3.05, 3.63) is 35.9 Å². The molecule has 0 saturated heterocycles. The van der Waals surface area contributed by atoms with Crippen LogP contribution in [0.5, 0.6) is 0 Å². The van der Waals surface area contributed by atoms with E-state index >= 15 is 0 Å². The van der Waals surface area contributed by atoms with E-state index in [-0.39, 0.29) is 120 Å². The van der Waals surface area contributed by atoms with Gasteiger partial charge in [-0.15, -0.1) is 18.5 Å². The van der Waals surface area contributed by atoms with Crippen LogP contribution in [0, 0.1) is 10.7 Å². The Bertz CT molecular complexity index is 4150. The molecule has 1 aromatic rings. The standard InChI is InChI=1S/C28H39F3N6O9.2C20H33F3N4O7.C16H30F3N3O3P2.HNS/c1-16(23(40)35-17(2)25(42)45-3)34-24(41)20(11-7-8-14-33-26(43)28(29,30)31)36-21(38)13-12-19(22(32)39)37-27(44)46-15-18-9-5-4-6-10-18;2*1-11(14(28)26-12(2)16(30)33-6)25-15(29)13(27-18(32)34-19(3,4)5)9-7-8-10-24-17(31)20(21,22)23;1-9(7-5-6-8-20-14(25)16(17,18)19)12(23)21-10(2)13(24)22-11(3)15(4,26)27;1-2/h4-6,9-10,16-17,19-20H,7-8,11-15H2,1-3H3,(H2,32,39)(H,33,43)(H,34,41)(H,35,40)(H,36,38)(H,37,44);2*11-13H,7-10H2,1-6H3,(H,24,31)(H,25,29)(H,26,28)(H,27,32);9-11H,5-8,26-27H2,1-4H3,(H,20,25)(H,21,23)(H,22,24);1H/t16-,17+,19?,20+;2*11-,12-,13+;9-,10+,11+;/m1110./s1. The van der Waals surface area contributed by atoms with Gasteiger partial charge in [0.25, 0.3) is 0 Å². The third-order valence-corrected chi connectivity index (χ3v) is 19.7. The monoisotopic (exact) mass is 2130 g/mol. The van der Waals surface area contributed by atoms with E-state index in [9.17, 15) is 149 Å². The molecule has 0 fully saturated rings. The fraction of sp³-hybridized carbons (Fsp3) is 0.690.